The normalized spacial score (nSPS) is 16.5. The summed E-state index contributed by atoms with van der Waals surface area (Å²) in [7, 11) is 12.3. The van der Waals surface area contributed by atoms with Gasteiger partial charge >= 0.3 is 0 Å². The minimum atomic E-state index is -0.953. The maximum Gasteiger partial charge on any atom is 0.253 e. The minimum absolute atomic E-state index is 0.00448. The number of carbonyl (C=O) groups is 7. The SMILES string of the molecule is CCC.CCC(C)C(C(CC(=O)N1CCCC1C(OC)C(C)C(=O)N[C@@H](Cc1ccccc1)C(=O)Nc1ccc(CNC(=O)CCCCCN2C(=O)C=CC2=O)cc1)OC)N(C)C(=O)CN=C(N(C)C)N(C)C. The van der Waals surface area contributed by atoms with Crippen LogP contribution < -0.4 is 16.0 Å². The Balaban J connectivity index is 0.00000457. The Morgan fingerprint density at radius 3 is 2.01 bits per heavy atom. The minimum Gasteiger partial charge on any atom is -0.379 e. The molecule has 2 aromatic rings. The smallest absolute Gasteiger partial charge is 0.253 e. The van der Waals surface area contributed by atoms with Crippen molar-refractivity contribution in [1.82, 2.24) is 35.1 Å². The molecule has 2 aliphatic rings. The fraction of sp³-hybridized carbons (Fsp3) is 0.600. The number of guanidine groups is 1. The van der Waals surface area contributed by atoms with Crippen LogP contribution in [-0.4, -0.2) is 171 Å². The van der Waals surface area contributed by atoms with Gasteiger partial charge in [-0.25, -0.2) is 4.99 Å². The molecule has 73 heavy (non-hydrogen) atoms. The molecule has 404 valence electrons. The quantitative estimate of drug-likeness (QED) is 0.0480. The van der Waals surface area contributed by atoms with E-state index in [1.165, 1.54) is 30.6 Å². The number of rotatable bonds is 26. The number of nitrogens with one attached hydrogen (secondary N) is 3. The molecule has 3 N–H and O–H groups in total. The van der Waals surface area contributed by atoms with Crippen LogP contribution in [0.1, 0.15) is 104 Å². The predicted octanol–water partition coefficient (Wildman–Crippen LogP) is 5.27. The number of unbranched alkanes of at least 4 members (excludes halogenated alkanes) is 2. The van der Waals surface area contributed by atoms with Gasteiger partial charge < -0.3 is 45.0 Å². The number of carbonyl (C=O) groups excluding carboxylic acids is 7. The average molecular weight is 1020 g/mol. The number of benzene rings is 2. The first-order valence-electron chi connectivity index (χ1n) is 25.9. The molecule has 6 unspecified atom stereocenters. The van der Waals surface area contributed by atoms with Gasteiger partial charge in [0.15, 0.2) is 5.96 Å². The zero-order valence-electron chi connectivity index (χ0n) is 45.6. The first-order chi connectivity index (χ1) is 34.8. The molecular formula is C55H85N9O9. The molecule has 2 heterocycles. The molecule has 1 saturated heterocycles. The van der Waals surface area contributed by atoms with Gasteiger partial charge in [0.2, 0.25) is 29.5 Å². The largest absolute Gasteiger partial charge is 0.379 e. The van der Waals surface area contributed by atoms with Crippen LogP contribution >= 0.6 is 0 Å². The number of ether oxygens (including phenoxy) is 2. The van der Waals surface area contributed by atoms with Crippen molar-refractivity contribution in [3.05, 3.63) is 77.9 Å². The molecule has 0 saturated carbocycles. The monoisotopic (exact) mass is 1020 g/mol. The van der Waals surface area contributed by atoms with E-state index in [1.54, 1.807) is 55.1 Å². The first-order valence-corrected chi connectivity index (χ1v) is 25.9. The highest BCUT2D eigenvalue weighted by Gasteiger charge is 2.42. The van der Waals surface area contributed by atoms with Gasteiger partial charge in [0.05, 0.1) is 36.6 Å². The lowest BCUT2D eigenvalue weighted by Gasteiger charge is -2.39. The van der Waals surface area contributed by atoms with E-state index in [-0.39, 0.29) is 54.8 Å². The van der Waals surface area contributed by atoms with E-state index >= 15 is 0 Å². The van der Waals surface area contributed by atoms with Crippen molar-refractivity contribution < 1.29 is 43.0 Å². The zero-order chi connectivity index (χ0) is 54.2. The Kier molecular flexibility index (Phi) is 26.3. The molecule has 0 spiro atoms. The van der Waals surface area contributed by atoms with Gasteiger partial charge in [-0.3, -0.25) is 38.5 Å². The molecule has 7 atom stereocenters. The summed E-state index contributed by atoms with van der Waals surface area (Å²) in [4.78, 5) is 105. The highest BCUT2D eigenvalue weighted by molar-refractivity contribution is 6.12. The van der Waals surface area contributed by atoms with Gasteiger partial charge in [0, 0.05) is 99.8 Å². The van der Waals surface area contributed by atoms with E-state index in [9.17, 15) is 33.6 Å². The van der Waals surface area contributed by atoms with Gasteiger partial charge in [-0.1, -0.05) is 96.3 Å². The summed E-state index contributed by atoms with van der Waals surface area (Å²) in [5.74, 6) is -1.99. The Morgan fingerprint density at radius 2 is 1.44 bits per heavy atom. The summed E-state index contributed by atoms with van der Waals surface area (Å²) in [5, 5.41) is 8.84. The summed E-state index contributed by atoms with van der Waals surface area (Å²) in [5.41, 5.74) is 2.19. The molecule has 0 radical (unpaired) electrons. The second-order valence-electron chi connectivity index (χ2n) is 19.4. The van der Waals surface area contributed by atoms with Crippen molar-refractivity contribution in [2.75, 3.05) is 74.4 Å². The molecule has 0 aromatic heterocycles. The molecule has 18 heteroatoms. The number of hydrogen-bond donors (Lipinski definition) is 3. The summed E-state index contributed by atoms with van der Waals surface area (Å²) in [6, 6.07) is 14.7. The van der Waals surface area contributed by atoms with Gasteiger partial charge in [-0.05, 0) is 54.9 Å². The van der Waals surface area contributed by atoms with Crippen molar-refractivity contribution in [2.24, 2.45) is 16.8 Å². The molecule has 18 nitrogen and oxygen atoms in total. The Bertz CT molecular complexity index is 2120. The second-order valence-corrected chi connectivity index (χ2v) is 19.4. The van der Waals surface area contributed by atoms with E-state index in [0.717, 1.165) is 17.5 Å². The Labute approximate surface area is 434 Å². The molecular weight excluding hydrogens is 931 g/mol. The van der Waals surface area contributed by atoms with Crippen LogP contribution in [0.5, 0.6) is 0 Å². The molecule has 1 fully saturated rings. The van der Waals surface area contributed by atoms with Crippen molar-refractivity contribution in [2.45, 2.75) is 136 Å². The number of methoxy groups -OCH3 is 2. The summed E-state index contributed by atoms with van der Waals surface area (Å²) in [6.45, 7) is 11.1. The fourth-order valence-electron chi connectivity index (χ4n) is 9.23. The number of anilines is 1. The number of likely N-dealkylation sites (tertiary alicyclic amines) is 1. The Morgan fingerprint density at radius 1 is 0.808 bits per heavy atom. The maximum absolute atomic E-state index is 14.3. The summed E-state index contributed by atoms with van der Waals surface area (Å²) >= 11 is 0. The molecule has 4 rings (SSSR count). The van der Waals surface area contributed by atoms with Crippen LogP contribution in [0.3, 0.4) is 0 Å². The number of likely N-dealkylation sites (N-methyl/N-ethyl adjacent to an activating group) is 1. The number of hydrogen-bond acceptors (Lipinski definition) is 10. The highest BCUT2D eigenvalue weighted by atomic mass is 16.5. The van der Waals surface area contributed by atoms with Crippen molar-refractivity contribution >= 4 is 53.0 Å². The van der Waals surface area contributed by atoms with Crippen molar-refractivity contribution in [3.8, 4) is 0 Å². The van der Waals surface area contributed by atoms with Crippen molar-refractivity contribution in [1.29, 1.82) is 0 Å². The second kappa shape index (κ2) is 31.4. The number of imide groups is 1. The standard InChI is InChI=1S/C52H77N9O9.C3H8/c1-11-35(2)48(59(8)47(66)34-54-52(57(4)5)58(6)7)42(69-9)32-46(65)60-30-18-21-41(60)49(70-10)36(3)50(67)56-40(31-37-19-14-12-15-20-37)51(68)55-39-25-23-38(24-26-39)33-53-43(62)22-16-13-17-29-61-44(63)27-28-45(61)64;1-3-2/h12,14-15,19-20,23-28,35-36,40-42,48-49H,11,13,16-18,21-22,29-34H2,1-10H3,(H,53,62)(H,55,68)(H,56,67);3H2,1-2H3/t35?,36?,40-,41?,42?,48?,49?;/m0./s1. The van der Waals surface area contributed by atoms with Crippen LogP contribution in [0, 0.1) is 11.8 Å². The first kappa shape index (κ1) is 61.2. The Hall–Kier alpha value is -6.14. The lowest BCUT2D eigenvalue weighted by molar-refractivity contribution is -0.145. The highest BCUT2D eigenvalue weighted by Crippen LogP contribution is 2.29. The fourth-order valence-corrected chi connectivity index (χ4v) is 9.23. The van der Waals surface area contributed by atoms with Crippen LogP contribution in [-0.2, 0) is 56.0 Å². The number of amides is 7. The van der Waals surface area contributed by atoms with Gasteiger partial charge in [0.1, 0.15) is 12.6 Å². The van der Waals surface area contributed by atoms with Gasteiger partial charge in [0.25, 0.3) is 11.8 Å². The third-order valence-electron chi connectivity index (χ3n) is 13.3. The molecule has 0 aliphatic carbocycles. The lowest BCUT2D eigenvalue weighted by atomic mass is 9.90. The number of nitrogens with zero attached hydrogens (tertiary/aromatic N) is 6. The molecule has 0 bridgehead atoms. The van der Waals surface area contributed by atoms with Gasteiger partial charge in [-0.15, -0.1) is 0 Å². The lowest BCUT2D eigenvalue weighted by Crippen LogP contribution is -2.54. The summed E-state index contributed by atoms with van der Waals surface area (Å²) < 4.78 is 12.0. The van der Waals surface area contributed by atoms with E-state index in [1.807, 2.05) is 82.2 Å². The molecule has 7 amide bonds. The zero-order valence-corrected chi connectivity index (χ0v) is 45.6. The molecule has 2 aliphatic heterocycles. The van der Waals surface area contributed by atoms with Gasteiger partial charge in [-0.2, -0.15) is 0 Å². The van der Waals surface area contributed by atoms with E-state index in [0.29, 0.717) is 69.8 Å². The predicted molar refractivity (Wildman–Crippen MR) is 285 cm³/mol. The van der Waals surface area contributed by atoms with Crippen LogP contribution in [0.25, 0.3) is 0 Å². The van der Waals surface area contributed by atoms with E-state index in [2.05, 4.69) is 34.8 Å². The average Bonchev–Trinajstić information content (AvgIpc) is 3.98. The van der Waals surface area contributed by atoms with E-state index < -0.39 is 48.1 Å². The maximum atomic E-state index is 14.3. The third kappa shape index (κ3) is 19.0. The molecule has 2 aromatic carbocycles. The van der Waals surface area contributed by atoms with Crippen LogP contribution in [0.2, 0.25) is 0 Å². The van der Waals surface area contributed by atoms with Crippen LogP contribution in [0.4, 0.5) is 5.69 Å². The third-order valence-corrected chi connectivity index (χ3v) is 13.3. The number of aliphatic imine (C=N–C) groups is 1. The topological polar surface area (TPSA) is 203 Å². The van der Waals surface area contributed by atoms with Crippen molar-refractivity contribution in [3.63, 3.8) is 0 Å². The summed E-state index contributed by atoms with van der Waals surface area (Å²) in [6.07, 6.45) is 7.05. The van der Waals surface area contributed by atoms with E-state index in [4.69, 9.17) is 9.47 Å². The van der Waals surface area contributed by atoms with Crippen LogP contribution in [0.15, 0.2) is 71.7 Å².